The van der Waals surface area contributed by atoms with Gasteiger partial charge in [0.05, 0.1) is 24.4 Å². The Morgan fingerprint density at radius 3 is 2.71 bits per heavy atom. The summed E-state index contributed by atoms with van der Waals surface area (Å²) < 4.78 is 17.4. The summed E-state index contributed by atoms with van der Waals surface area (Å²) in [5.74, 6) is -0.713. The van der Waals surface area contributed by atoms with Crippen molar-refractivity contribution in [2.24, 2.45) is 5.73 Å². The molecule has 9 nitrogen and oxygen atoms in total. The van der Waals surface area contributed by atoms with Crippen LogP contribution in [0.4, 0.5) is 11.4 Å². The molecule has 9 heteroatoms. The Morgan fingerprint density at radius 2 is 2.00 bits per heavy atom. The van der Waals surface area contributed by atoms with Gasteiger partial charge < -0.3 is 29.5 Å². The summed E-state index contributed by atoms with van der Waals surface area (Å²) in [5.41, 5.74) is 8.64. The van der Waals surface area contributed by atoms with Crippen molar-refractivity contribution in [1.29, 1.82) is 0 Å². The van der Waals surface area contributed by atoms with Crippen molar-refractivity contribution in [3.05, 3.63) is 71.1 Å². The molecule has 2 aromatic carbocycles. The van der Waals surface area contributed by atoms with Crippen LogP contribution in [0.1, 0.15) is 39.7 Å². The Bertz CT molecular complexity index is 1290. The van der Waals surface area contributed by atoms with E-state index in [1.165, 1.54) is 0 Å². The largest absolute Gasteiger partial charge is 0.490 e. The van der Waals surface area contributed by atoms with E-state index in [1.54, 1.807) is 11.9 Å². The fourth-order valence-corrected chi connectivity index (χ4v) is 5.37. The van der Waals surface area contributed by atoms with E-state index in [2.05, 4.69) is 10.1 Å². The van der Waals surface area contributed by atoms with Gasteiger partial charge in [-0.3, -0.25) is 9.59 Å². The van der Waals surface area contributed by atoms with Gasteiger partial charge in [0.25, 0.3) is 5.91 Å². The zero-order chi connectivity index (χ0) is 24.1. The van der Waals surface area contributed by atoms with Gasteiger partial charge in [-0.1, -0.05) is 35.5 Å². The maximum absolute atomic E-state index is 13.7. The highest BCUT2D eigenvalue weighted by Crippen LogP contribution is 2.41. The van der Waals surface area contributed by atoms with E-state index >= 15 is 0 Å². The number of primary amides is 1. The number of carbonyl (C=O) groups is 2. The number of hydrogen-bond acceptors (Lipinski definition) is 7. The molecule has 3 atom stereocenters. The average Bonchev–Trinajstić information content (AvgIpc) is 3.59. The summed E-state index contributed by atoms with van der Waals surface area (Å²) in [7, 11) is 1.72. The molecule has 3 aliphatic rings. The van der Waals surface area contributed by atoms with Crippen LogP contribution in [0.2, 0.25) is 0 Å². The number of amides is 2. The number of rotatable bonds is 5. The molecule has 35 heavy (non-hydrogen) atoms. The quantitative estimate of drug-likeness (QED) is 0.605. The minimum Gasteiger partial charge on any atom is -0.490 e. The summed E-state index contributed by atoms with van der Waals surface area (Å²) in [6.45, 7) is 1.61. The van der Waals surface area contributed by atoms with Crippen LogP contribution >= 0.6 is 0 Å². The lowest BCUT2D eigenvalue weighted by Crippen LogP contribution is -2.37. The second-order valence-electron chi connectivity index (χ2n) is 9.30. The van der Waals surface area contributed by atoms with Crippen LogP contribution in [-0.4, -0.2) is 55.9 Å². The third-order valence-electron chi connectivity index (χ3n) is 7.16. The monoisotopic (exact) mass is 474 g/mol. The Kier molecular flexibility index (Phi) is 5.21. The molecule has 2 bridgehead atoms. The molecule has 2 fully saturated rings. The molecular weight excluding hydrogens is 448 g/mol. The van der Waals surface area contributed by atoms with Crippen molar-refractivity contribution in [1.82, 2.24) is 5.16 Å². The third kappa shape index (κ3) is 3.72. The smallest absolute Gasteiger partial charge is 0.271 e. The number of benzene rings is 2. The van der Waals surface area contributed by atoms with Crippen molar-refractivity contribution in [2.45, 2.75) is 30.9 Å². The van der Waals surface area contributed by atoms with Gasteiger partial charge in [-0.2, -0.15) is 0 Å². The minimum absolute atomic E-state index is 0.0361. The second kappa shape index (κ2) is 8.42. The number of anilines is 2. The van der Waals surface area contributed by atoms with Gasteiger partial charge in [-0.25, -0.2) is 0 Å². The van der Waals surface area contributed by atoms with E-state index in [0.29, 0.717) is 35.2 Å². The number of hydrogen-bond donors (Lipinski definition) is 1. The lowest BCUT2D eigenvalue weighted by atomic mass is 9.93. The van der Waals surface area contributed by atoms with Crippen LogP contribution in [0.25, 0.3) is 0 Å². The maximum Gasteiger partial charge on any atom is 0.271 e. The zero-order valence-electron chi connectivity index (χ0n) is 19.3. The normalized spacial score (nSPS) is 23.2. The molecule has 0 spiro atoms. The Balaban J connectivity index is 1.34. The fourth-order valence-electron chi connectivity index (χ4n) is 5.37. The van der Waals surface area contributed by atoms with Crippen molar-refractivity contribution in [3.63, 3.8) is 0 Å². The average molecular weight is 475 g/mol. The summed E-state index contributed by atoms with van der Waals surface area (Å²) in [5, 5.41) is 3.92. The number of nitrogens with two attached hydrogens (primary N) is 1. The van der Waals surface area contributed by atoms with Crippen LogP contribution < -0.4 is 20.3 Å². The highest BCUT2D eigenvalue weighted by atomic mass is 16.5. The molecule has 1 aromatic heterocycles. The fraction of sp³-hybridized carbons (Fsp3) is 0.346. The van der Waals surface area contributed by atoms with Crippen molar-refractivity contribution in [2.75, 3.05) is 36.6 Å². The lowest BCUT2D eigenvalue weighted by Gasteiger charge is -2.30. The molecular formula is C26H26N4O5. The van der Waals surface area contributed by atoms with E-state index in [1.807, 2.05) is 48.5 Å². The molecule has 2 saturated heterocycles. The van der Waals surface area contributed by atoms with Crippen molar-refractivity contribution < 1.29 is 23.6 Å². The number of ether oxygens (including phenoxy) is 2. The van der Waals surface area contributed by atoms with Gasteiger partial charge in [0.2, 0.25) is 5.91 Å². The molecule has 180 valence electrons. The highest BCUT2D eigenvalue weighted by molar-refractivity contribution is 6.02. The van der Waals surface area contributed by atoms with E-state index in [-0.39, 0.29) is 24.3 Å². The molecule has 6 rings (SSSR count). The first kappa shape index (κ1) is 21.7. The number of carbonyl (C=O) groups excluding carboxylic acids is 2. The van der Waals surface area contributed by atoms with Crippen LogP contribution in [0.3, 0.4) is 0 Å². The molecule has 0 radical (unpaired) electrons. The van der Waals surface area contributed by atoms with Gasteiger partial charge in [-0.05, 0) is 30.2 Å². The van der Waals surface area contributed by atoms with E-state index in [4.69, 9.17) is 19.7 Å². The number of nitrogens with zero attached hydrogens (tertiary/aromatic N) is 3. The first-order valence-corrected chi connectivity index (χ1v) is 11.7. The summed E-state index contributed by atoms with van der Waals surface area (Å²) in [6, 6.07) is 15.9. The molecule has 0 unspecified atom stereocenters. The Labute approximate surface area is 202 Å². The van der Waals surface area contributed by atoms with Gasteiger partial charge in [-0.15, -0.1) is 0 Å². The van der Waals surface area contributed by atoms with Crippen LogP contribution in [0.5, 0.6) is 5.75 Å². The minimum atomic E-state index is -0.792. The molecule has 4 heterocycles. The third-order valence-corrected chi connectivity index (χ3v) is 7.16. The van der Waals surface area contributed by atoms with E-state index in [9.17, 15) is 9.59 Å². The Hall–Kier alpha value is -3.85. The van der Waals surface area contributed by atoms with Gasteiger partial charge in [0.1, 0.15) is 24.0 Å². The predicted octanol–water partition coefficient (Wildman–Crippen LogP) is 2.48. The molecule has 2 N–H and O–H groups in total. The van der Waals surface area contributed by atoms with Gasteiger partial charge in [0.15, 0.2) is 5.69 Å². The second-order valence-corrected chi connectivity index (χ2v) is 9.30. The first-order chi connectivity index (χ1) is 17.0. The van der Waals surface area contributed by atoms with Crippen molar-refractivity contribution >= 4 is 23.2 Å². The lowest BCUT2D eigenvalue weighted by molar-refractivity contribution is -0.120. The topological polar surface area (TPSA) is 111 Å². The SMILES string of the molecule is CN1C(=O)[C@@H](c2c(C(N)=O)noc2Cc2ccccc2)COc2ccc(N3C[C@@H]4C[C@H]3CO4)cc21. The van der Waals surface area contributed by atoms with E-state index < -0.39 is 11.8 Å². The predicted molar refractivity (Wildman–Crippen MR) is 128 cm³/mol. The molecule has 0 saturated carbocycles. The summed E-state index contributed by atoms with van der Waals surface area (Å²) >= 11 is 0. The molecule has 2 amide bonds. The van der Waals surface area contributed by atoms with Gasteiger partial charge in [0, 0.05) is 31.3 Å². The van der Waals surface area contributed by atoms with Gasteiger partial charge >= 0.3 is 0 Å². The highest BCUT2D eigenvalue weighted by Gasteiger charge is 2.41. The number of morpholine rings is 1. The number of aromatic nitrogens is 1. The van der Waals surface area contributed by atoms with Crippen LogP contribution in [0.15, 0.2) is 53.1 Å². The maximum atomic E-state index is 13.7. The number of fused-ring (bicyclic) bond motifs is 3. The van der Waals surface area contributed by atoms with Crippen LogP contribution in [-0.2, 0) is 16.0 Å². The summed E-state index contributed by atoms with van der Waals surface area (Å²) in [4.78, 5) is 29.9. The standard InChI is InChI=1S/C26H26N4O5/c1-29-20-11-16(30-12-18-10-17(30)13-33-18)7-8-21(20)34-14-19(26(29)32)23-22(35-28-24(23)25(27)31)9-15-5-3-2-4-6-15/h2-8,11,17-19H,9-10,12-14H2,1H3,(H2,27,31)/t17-,18-,19+/m0/s1. The summed E-state index contributed by atoms with van der Waals surface area (Å²) in [6.07, 6.45) is 1.67. The Morgan fingerprint density at radius 1 is 1.17 bits per heavy atom. The number of likely N-dealkylation sites (N-methyl/N-ethyl adjacent to an activating group) is 1. The van der Waals surface area contributed by atoms with Crippen LogP contribution in [0, 0.1) is 0 Å². The van der Waals surface area contributed by atoms with Crippen molar-refractivity contribution in [3.8, 4) is 5.75 Å². The first-order valence-electron chi connectivity index (χ1n) is 11.7. The zero-order valence-corrected chi connectivity index (χ0v) is 19.3. The molecule has 3 aliphatic heterocycles. The molecule has 0 aliphatic carbocycles. The molecule has 3 aromatic rings. The van der Waals surface area contributed by atoms with E-state index in [0.717, 1.165) is 30.8 Å².